The Kier molecular flexibility index (Phi) is 4.48. The van der Waals surface area contributed by atoms with E-state index in [1.807, 2.05) is 7.05 Å². The first kappa shape index (κ1) is 13.2. The Hall–Kier alpha value is -1.22. The standard InChI is InChI=1S/C14H18ClNO2/c1-16(12-5-3-2-4-6-12)14(17)18-13-9-7-11(15)8-10-13/h7-10,12H,2-6H2,1H3. The van der Waals surface area contributed by atoms with E-state index in [0.717, 1.165) is 12.8 Å². The highest BCUT2D eigenvalue weighted by Gasteiger charge is 2.23. The van der Waals surface area contributed by atoms with E-state index in [9.17, 15) is 4.79 Å². The lowest BCUT2D eigenvalue weighted by Crippen LogP contribution is -2.39. The highest BCUT2D eigenvalue weighted by Crippen LogP contribution is 2.23. The van der Waals surface area contributed by atoms with Gasteiger partial charge in [-0.05, 0) is 37.1 Å². The molecule has 18 heavy (non-hydrogen) atoms. The molecule has 0 atom stereocenters. The highest BCUT2D eigenvalue weighted by atomic mass is 35.5. The molecule has 0 unspecified atom stereocenters. The van der Waals surface area contributed by atoms with E-state index in [1.54, 1.807) is 29.2 Å². The predicted molar refractivity (Wildman–Crippen MR) is 72.1 cm³/mol. The van der Waals surface area contributed by atoms with Gasteiger partial charge < -0.3 is 9.64 Å². The molecule has 98 valence electrons. The average Bonchev–Trinajstić information content (AvgIpc) is 2.41. The zero-order valence-corrected chi connectivity index (χ0v) is 11.3. The molecule has 0 aliphatic heterocycles. The van der Waals surface area contributed by atoms with Gasteiger partial charge in [0.25, 0.3) is 0 Å². The molecule has 3 nitrogen and oxygen atoms in total. The van der Waals surface area contributed by atoms with Crippen LogP contribution in [0.2, 0.25) is 5.02 Å². The molecule has 0 saturated heterocycles. The molecule has 4 heteroatoms. The number of carbonyl (C=O) groups is 1. The molecule has 1 fully saturated rings. The lowest BCUT2D eigenvalue weighted by molar-refractivity contribution is 0.133. The Morgan fingerprint density at radius 1 is 1.22 bits per heavy atom. The summed E-state index contributed by atoms with van der Waals surface area (Å²) in [5, 5.41) is 0.635. The molecule has 1 aromatic rings. The van der Waals surface area contributed by atoms with E-state index in [0.29, 0.717) is 16.8 Å². The summed E-state index contributed by atoms with van der Waals surface area (Å²) in [6.07, 6.45) is 5.53. The van der Waals surface area contributed by atoms with Gasteiger partial charge in [-0.2, -0.15) is 0 Å². The Bertz CT molecular complexity index is 399. The molecule has 1 aliphatic carbocycles. The predicted octanol–water partition coefficient (Wildman–Crippen LogP) is 4.10. The first-order valence-corrected chi connectivity index (χ1v) is 6.75. The SMILES string of the molecule is CN(C(=O)Oc1ccc(Cl)cc1)C1CCCCC1. The minimum absolute atomic E-state index is 0.288. The summed E-state index contributed by atoms with van der Waals surface area (Å²) in [6, 6.07) is 7.15. The van der Waals surface area contributed by atoms with Crippen molar-refractivity contribution in [3.63, 3.8) is 0 Å². The second kappa shape index (κ2) is 6.10. The maximum atomic E-state index is 12.0. The van der Waals surface area contributed by atoms with E-state index in [1.165, 1.54) is 19.3 Å². The number of hydrogen-bond acceptors (Lipinski definition) is 2. The zero-order valence-electron chi connectivity index (χ0n) is 10.6. The lowest BCUT2D eigenvalue weighted by atomic mass is 9.95. The smallest absolute Gasteiger partial charge is 0.410 e. The second-order valence-electron chi connectivity index (χ2n) is 4.72. The molecule has 0 aromatic heterocycles. The largest absolute Gasteiger partial charge is 0.415 e. The van der Waals surface area contributed by atoms with Crippen molar-refractivity contribution >= 4 is 17.7 Å². The zero-order chi connectivity index (χ0) is 13.0. The maximum absolute atomic E-state index is 12.0. The number of halogens is 1. The Balaban J connectivity index is 1.92. The molecular weight excluding hydrogens is 250 g/mol. The van der Waals surface area contributed by atoms with Crippen molar-refractivity contribution in [2.45, 2.75) is 38.1 Å². The average molecular weight is 268 g/mol. The van der Waals surface area contributed by atoms with Crippen LogP contribution < -0.4 is 4.74 Å². The van der Waals surface area contributed by atoms with Crippen LogP contribution in [-0.2, 0) is 0 Å². The summed E-state index contributed by atoms with van der Waals surface area (Å²) in [4.78, 5) is 13.7. The molecule has 0 radical (unpaired) electrons. The van der Waals surface area contributed by atoms with Crippen LogP contribution >= 0.6 is 11.6 Å². The summed E-state index contributed by atoms with van der Waals surface area (Å²) < 4.78 is 5.31. The summed E-state index contributed by atoms with van der Waals surface area (Å²) in [7, 11) is 1.81. The van der Waals surface area contributed by atoms with Gasteiger partial charge in [-0.3, -0.25) is 0 Å². The number of hydrogen-bond donors (Lipinski definition) is 0. The minimum atomic E-state index is -0.288. The summed E-state index contributed by atoms with van der Waals surface area (Å²) in [5.74, 6) is 0.534. The fourth-order valence-electron chi connectivity index (χ4n) is 2.29. The van der Waals surface area contributed by atoms with Gasteiger partial charge in [0.15, 0.2) is 0 Å². The van der Waals surface area contributed by atoms with E-state index in [4.69, 9.17) is 16.3 Å². The fourth-order valence-corrected chi connectivity index (χ4v) is 2.42. The van der Waals surface area contributed by atoms with Crippen molar-refractivity contribution in [1.82, 2.24) is 4.90 Å². The molecular formula is C14H18ClNO2. The molecule has 2 rings (SSSR count). The van der Waals surface area contributed by atoms with Gasteiger partial charge in [-0.1, -0.05) is 30.9 Å². The molecule has 0 heterocycles. The molecule has 1 aromatic carbocycles. The molecule has 1 saturated carbocycles. The van der Waals surface area contributed by atoms with E-state index in [2.05, 4.69) is 0 Å². The molecule has 1 amide bonds. The summed E-state index contributed by atoms with van der Waals surface area (Å²) >= 11 is 5.78. The molecule has 0 N–H and O–H groups in total. The van der Waals surface area contributed by atoms with Crippen molar-refractivity contribution in [2.24, 2.45) is 0 Å². The van der Waals surface area contributed by atoms with E-state index < -0.39 is 0 Å². The second-order valence-corrected chi connectivity index (χ2v) is 5.16. The third kappa shape index (κ3) is 3.39. The summed E-state index contributed by atoms with van der Waals surface area (Å²) in [6.45, 7) is 0. The van der Waals surface area contributed by atoms with Gasteiger partial charge in [0, 0.05) is 18.1 Å². The van der Waals surface area contributed by atoms with Gasteiger partial charge in [0.05, 0.1) is 0 Å². The van der Waals surface area contributed by atoms with Gasteiger partial charge in [0.1, 0.15) is 5.75 Å². The number of amides is 1. The molecule has 1 aliphatic rings. The Morgan fingerprint density at radius 3 is 2.44 bits per heavy atom. The summed E-state index contributed by atoms with van der Waals surface area (Å²) in [5.41, 5.74) is 0. The van der Waals surface area contributed by atoms with Crippen LogP contribution in [0.5, 0.6) is 5.75 Å². The Morgan fingerprint density at radius 2 is 1.83 bits per heavy atom. The monoisotopic (exact) mass is 267 g/mol. The van der Waals surface area contributed by atoms with Crippen LogP contribution in [0.15, 0.2) is 24.3 Å². The van der Waals surface area contributed by atoms with Crippen molar-refractivity contribution in [3.8, 4) is 5.75 Å². The van der Waals surface area contributed by atoms with Crippen LogP contribution in [0.1, 0.15) is 32.1 Å². The number of rotatable bonds is 2. The van der Waals surface area contributed by atoms with Gasteiger partial charge in [-0.25, -0.2) is 4.79 Å². The van der Waals surface area contributed by atoms with Gasteiger partial charge >= 0.3 is 6.09 Å². The van der Waals surface area contributed by atoms with Crippen LogP contribution in [0, 0.1) is 0 Å². The molecule has 0 bridgehead atoms. The van der Waals surface area contributed by atoms with E-state index in [-0.39, 0.29) is 6.09 Å². The normalized spacial score (nSPS) is 16.3. The number of carbonyl (C=O) groups excluding carboxylic acids is 1. The van der Waals surface area contributed by atoms with Crippen molar-refractivity contribution < 1.29 is 9.53 Å². The van der Waals surface area contributed by atoms with Crippen molar-refractivity contribution in [3.05, 3.63) is 29.3 Å². The van der Waals surface area contributed by atoms with Crippen molar-refractivity contribution in [2.75, 3.05) is 7.05 Å². The lowest BCUT2D eigenvalue weighted by Gasteiger charge is -2.30. The van der Waals surface area contributed by atoms with Crippen LogP contribution in [0.25, 0.3) is 0 Å². The van der Waals surface area contributed by atoms with Crippen LogP contribution in [-0.4, -0.2) is 24.1 Å². The fraction of sp³-hybridized carbons (Fsp3) is 0.500. The minimum Gasteiger partial charge on any atom is -0.410 e. The number of benzene rings is 1. The quantitative estimate of drug-likeness (QED) is 0.807. The van der Waals surface area contributed by atoms with Gasteiger partial charge in [0.2, 0.25) is 0 Å². The number of nitrogens with zero attached hydrogens (tertiary/aromatic N) is 1. The van der Waals surface area contributed by atoms with Crippen LogP contribution in [0.4, 0.5) is 4.79 Å². The van der Waals surface area contributed by atoms with Crippen molar-refractivity contribution in [1.29, 1.82) is 0 Å². The first-order chi connectivity index (χ1) is 8.66. The van der Waals surface area contributed by atoms with E-state index >= 15 is 0 Å². The molecule has 0 spiro atoms. The maximum Gasteiger partial charge on any atom is 0.415 e. The highest BCUT2D eigenvalue weighted by molar-refractivity contribution is 6.30. The first-order valence-electron chi connectivity index (χ1n) is 6.37. The third-order valence-corrected chi connectivity index (χ3v) is 3.68. The Labute approximate surface area is 113 Å². The number of ether oxygens (including phenoxy) is 1. The third-order valence-electron chi connectivity index (χ3n) is 3.43. The van der Waals surface area contributed by atoms with Crippen LogP contribution in [0.3, 0.4) is 0 Å². The topological polar surface area (TPSA) is 29.5 Å². The van der Waals surface area contributed by atoms with Gasteiger partial charge in [-0.15, -0.1) is 0 Å².